The predicted octanol–water partition coefficient (Wildman–Crippen LogP) is 0.913. The van der Waals surface area contributed by atoms with Gasteiger partial charge in [-0.25, -0.2) is 4.79 Å². The molecular formula is C21H28N4O5. The Balaban J connectivity index is 1.88. The van der Waals surface area contributed by atoms with E-state index in [0.717, 1.165) is 0 Å². The number of hydrogen-bond acceptors (Lipinski definition) is 5. The summed E-state index contributed by atoms with van der Waals surface area (Å²) in [5.74, 6) is -0.235. The number of carbonyl (C=O) groups is 4. The van der Waals surface area contributed by atoms with Gasteiger partial charge < -0.3 is 20.7 Å². The molecule has 3 rings (SSSR count). The number of amides is 4. The molecule has 1 atom stereocenters. The number of piperidine rings is 1. The van der Waals surface area contributed by atoms with Gasteiger partial charge in [-0.15, -0.1) is 0 Å². The van der Waals surface area contributed by atoms with Crippen LogP contribution in [0.5, 0.6) is 5.75 Å². The number of primary amides is 1. The highest BCUT2D eigenvalue weighted by atomic mass is 16.5. The van der Waals surface area contributed by atoms with E-state index in [1.54, 1.807) is 29.2 Å². The van der Waals surface area contributed by atoms with E-state index in [1.165, 1.54) is 4.90 Å². The van der Waals surface area contributed by atoms with Crippen LogP contribution in [0.25, 0.3) is 0 Å². The minimum absolute atomic E-state index is 0.0955. The quantitative estimate of drug-likeness (QED) is 0.758. The molecule has 0 aromatic heterocycles. The minimum atomic E-state index is -1.02. The van der Waals surface area contributed by atoms with Gasteiger partial charge in [0.15, 0.2) is 0 Å². The molecule has 1 saturated heterocycles. The molecule has 0 aliphatic carbocycles. The smallest absolute Gasteiger partial charge is 0.312 e. The fourth-order valence-corrected chi connectivity index (χ4v) is 4.27. The molecule has 1 aromatic rings. The minimum Gasteiger partial charge on any atom is -0.489 e. The second-order valence-electron chi connectivity index (χ2n) is 9.11. The lowest BCUT2D eigenvalue weighted by atomic mass is 9.70. The van der Waals surface area contributed by atoms with Gasteiger partial charge in [-0.1, -0.05) is 39.8 Å². The molecule has 1 unspecified atom stereocenters. The summed E-state index contributed by atoms with van der Waals surface area (Å²) in [4.78, 5) is 53.3. The van der Waals surface area contributed by atoms with E-state index in [0.29, 0.717) is 11.4 Å². The summed E-state index contributed by atoms with van der Waals surface area (Å²) in [6.07, 6.45) is 0. The number of anilines is 1. The number of rotatable bonds is 3. The number of likely N-dealkylation sites (tertiary alicyclic amines) is 1. The number of urea groups is 1. The zero-order valence-electron chi connectivity index (χ0n) is 17.7. The third-order valence-corrected chi connectivity index (χ3v) is 5.49. The van der Waals surface area contributed by atoms with Gasteiger partial charge in [0.2, 0.25) is 5.91 Å². The first-order chi connectivity index (χ1) is 13.9. The molecule has 1 aromatic carbocycles. The summed E-state index contributed by atoms with van der Waals surface area (Å²) >= 11 is 0. The molecule has 1 fully saturated rings. The topological polar surface area (TPSA) is 122 Å². The molecule has 2 aliphatic heterocycles. The summed E-state index contributed by atoms with van der Waals surface area (Å²) in [6, 6.07) is 5.00. The number of fused-ring (bicyclic) bond motifs is 1. The van der Waals surface area contributed by atoms with Crippen molar-refractivity contribution in [1.29, 1.82) is 0 Å². The lowest BCUT2D eigenvalue weighted by Gasteiger charge is -2.45. The van der Waals surface area contributed by atoms with Crippen molar-refractivity contribution in [2.45, 2.75) is 33.7 Å². The Bertz CT molecular complexity index is 875. The largest absolute Gasteiger partial charge is 0.489 e. The molecule has 0 spiro atoms. The van der Waals surface area contributed by atoms with Crippen LogP contribution in [-0.2, 0) is 14.4 Å². The number of nitrogens with two attached hydrogens (primary N) is 1. The second kappa shape index (κ2) is 7.62. The van der Waals surface area contributed by atoms with Crippen molar-refractivity contribution in [3.63, 3.8) is 0 Å². The van der Waals surface area contributed by atoms with E-state index in [4.69, 9.17) is 10.5 Å². The molecule has 162 valence electrons. The summed E-state index contributed by atoms with van der Waals surface area (Å²) in [5, 5.41) is 2.37. The molecule has 0 bridgehead atoms. The van der Waals surface area contributed by atoms with E-state index in [-0.39, 0.29) is 37.9 Å². The van der Waals surface area contributed by atoms with E-state index in [9.17, 15) is 19.2 Å². The first-order valence-corrected chi connectivity index (χ1v) is 9.84. The lowest BCUT2D eigenvalue weighted by Crippen LogP contribution is -2.59. The summed E-state index contributed by atoms with van der Waals surface area (Å²) in [7, 11) is 0. The zero-order valence-corrected chi connectivity index (χ0v) is 17.7. The summed E-state index contributed by atoms with van der Waals surface area (Å²) in [6.45, 7) is 7.51. The van der Waals surface area contributed by atoms with Crippen LogP contribution in [0.1, 0.15) is 27.7 Å². The maximum absolute atomic E-state index is 13.2. The van der Waals surface area contributed by atoms with E-state index >= 15 is 0 Å². The normalized spacial score (nSPS) is 22.6. The van der Waals surface area contributed by atoms with Gasteiger partial charge in [-0.05, 0) is 12.1 Å². The van der Waals surface area contributed by atoms with E-state index < -0.39 is 28.8 Å². The van der Waals surface area contributed by atoms with Crippen molar-refractivity contribution < 1.29 is 23.9 Å². The Kier molecular flexibility index (Phi) is 5.49. The number of nitrogens with zero attached hydrogens (tertiary/aromatic N) is 2. The number of nitrogens with one attached hydrogen (secondary N) is 1. The highest BCUT2D eigenvalue weighted by Gasteiger charge is 2.47. The molecule has 3 N–H and O–H groups in total. The van der Waals surface area contributed by atoms with Crippen LogP contribution in [0.4, 0.5) is 10.5 Å². The van der Waals surface area contributed by atoms with Crippen molar-refractivity contribution in [2.24, 2.45) is 16.6 Å². The van der Waals surface area contributed by atoms with Crippen molar-refractivity contribution in [2.75, 3.05) is 31.1 Å². The van der Waals surface area contributed by atoms with Crippen LogP contribution in [0.2, 0.25) is 0 Å². The van der Waals surface area contributed by atoms with Crippen molar-refractivity contribution in [1.82, 2.24) is 10.2 Å². The Morgan fingerprint density at radius 2 is 1.73 bits per heavy atom. The van der Waals surface area contributed by atoms with Crippen molar-refractivity contribution in [3.8, 4) is 5.75 Å². The highest BCUT2D eigenvalue weighted by Crippen LogP contribution is 2.37. The van der Waals surface area contributed by atoms with Crippen LogP contribution in [0, 0.1) is 10.8 Å². The molecule has 2 aliphatic rings. The first kappa shape index (κ1) is 21.6. The number of benzene rings is 1. The molecule has 0 saturated carbocycles. The van der Waals surface area contributed by atoms with Gasteiger partial charge in [0.1, 0.15) is 30.7 Å². The SMILES string of the molecule is CC1(C)CN(C(=O)CN2C(=O)C(NC(N)=O)COc3ccccc32)CC(C)(C)C1=O. The van der Waals surface area contributed by atoms with Crippen LogP contribution in [0.15, 0.2) is 24.3 Å². The van der Waals surface area contributed by atoms with Crippen LogP contribution in [0.3, 0.4) is 0 Å². The van der Waals surface area contributed by atoms with Crippen LogP contribution >= 0.6 is 0 Å². The molecule has 30 heavy (non-hydrogen) atoms. The fraction of sp³-hybridized carbons (Fsp3) is 0.524. The van der Waals surface area contributed by atoms with Gasteiger partial charge in [0.25, 0.3) is 5.91 Å². The average molecular weight is 416 g/mol. The van der Waals surface area contributed by atoms with E-state index in [1.807, 2.05) is 27.7 Å². The number of carbonyl (C=O) groups excluding carboxylic acids is 4. The fourth-order valence-electron chi connectivity index (χ4n) is 4.27. The number of para-hydroxylation sites is 2. The predicted molar refractivity (Wildman–Crippen MR) is 110 cm³/mol. The Labute approximate surface area is 175 Å². The zero-order chi connectivity index (χ0) is 22.3. The Morgan fingerprint density at radius 3 is 2.33 bits per heavy atom. The molecule has 9 nitrogen and oxygen atoms in total. The van der Waals surface area contributed by atoms with Crippen molar-refractivity contribution >= 4 is 29.3 Å². The van der Waals surface area contributed by atoms with Gasteiger partial charge >= 0.3 is 6.03 Å². The van der Waals surface area contributed by atoms with Crippen LogP contribution < -0.4 is 20.7 Å². The Hall–Kier alpha value is -3.10. The summed E-state index contributed by atoms with van der Waals surface area (Å²) < 4.78 is 5.67. The number of ether oxygens (including phenoxy) is 1. The molecular weight excluding hydrogens is 388 g/mol. The van der Waals surface area contributed by atoms with E-state index in [2.05, 4.69) is 5.32 Å². The maximum Gasteiger partial charge on any atom is 0.312 e. The summed E-state index contributed by atoms with van der Waals surface area (Å²) in [5.41, 5.74) is 4.27. The van der Waals surface area contributed by atoms with Gasteiger partial charge in [-0.2, -0.15) is 0 Å². The third-order valence-electron chi connectivity index (χ3n) is 5.49. The number of ketones is 1. The second-order valence-corrected chi connectivity index (χ2v) is 9.11. The number of Topliss-reactive ketones (excluding diaryl/α,β-unsaturated/α-hetero) is 1. The average Bonchev–Trinajstić information content (AvgIpc) is 2.77. The molecule has 9 heteroatoms. The number of hydrogen-bond donors (Lipinski definition) is 2. The third kappa shape index (κ3) is 4.10. The van der Waals surface area contributed by atoms with Crippen molar-refractivity contribution in [3.05, 3.63) is 24.3 Å². The lowest BCUT2D eigenvalue weighted by molar-refractivity contribution is -0.150. The monoisotopic (exact) mass is 416 g/mol. The van der Waals surface area contributed by atoms with Crippen LogP contribution in [-0.4, -0.2) is 60.8 Å². The Morgan fingerprint density at radius 1 is 1.13 bits per heavy atom. The van der Waals surface area contributed by atoms with Gasteiger partial charge in [0.05, 0.1) is 5.69 Å². The molecule has 2 heterocycles. The maximum atomic E-state index is 13.2. The standard InChI is InChI=1S/C21H28N4O5/c1-20(2)11-24(12-21(3,4)18(20)28)16(26)9-25-14-7-5-6-8-15(14)30-10-13(17(25)27)23-19(22)29/h5-8,13H,9-12H2,1-4H3,(H3,22,23,29). The molecule has 0 radical (unpaired) electrons. The van der Waals surface area contributed by atoms with Gasteiger partial charge in [-0.3, -0.25) is 19.3 Å². The van der Waals surface area contributed by atoms with Gasteiger partial charge in [0, 0.05) is 23.9 Å². The first-order valence-electron chi connectivity index (χ1n) is 9.84. The molecule has 4 amide bonds. The highest BCUT2D eigenvalue weighted by molar-refractivity contribution is 6.04.